The molecule has 5 nitrogen and oxygen atoms in total. The first-order valence-corrected chi connectivity index (χ1v) is 9.79. The number of aliphatic hydroxyl groups is 1. The number of carbonyl (C=O) groups is 1. The summed E-state index contributed by atoms with van der Waals surface area (Å²) in [6, 6.07) is 5.98. The Labute approximate surface area is 158 Å². The normalized spacial score (nSPS) is 12.1. The quantitative estimate of drug-likeness (QED) is 0.646. The second-order valence-electron chi connectivity index (χ2n) is 5.93. The summed E-state index contributed by atoms with van der Waals surface area (Å²) in [5.74, 6) is -0.565. The zero-order valence-electron chi connectivity index (χ0n) is 14.1. The van der Waals surface area contributed by atoms with Gasteiger partial charge in [-0.05, 0) is 30.0 Å². The molecule has 26 heavy (non-hydrogen) atoms. The van der Waals surface area contributed by atoms with E-state index in [0.29, 0.717) is 17.1 Å². The number of benzene rings is 1. The van der Waals surface area contributed by atoms with Crippen molar-refractivity contribution in [2.75, 3.05) is 6.61 Å². The average molecular weight is 391 g/mol. The summed E-state index contributed by atoms with van der Waals surface area (Å²) in [5.41, 5.74) is 1.17. The maximum absolute atomic E-state index is 13.0. The average Bonchev–Trinajstić information content (AvgIpc) is 3.30. The third-order valence-electron chi connectivity index (χ3n) is 3.74. The van der Waals surface area contributed by atoms with Gasteiger partial charge in [-0.25, -0.2) is 14.4 Å². The van der Waals surface area contributed by atoms with Crippen LogP contribution in [-0.4, -0.2) is 27.6 Å². The van der Waals surface area contributed by atoms with Crippen LogP contribution in [-0.2, 0) is 13.0 Å². The molecule has 1 atom stereocenters. The summed E-state index contributed by atoms with van der Waals surface area (Å²) >= 11 is 2.89. The van der Waals surface area contributed by atoms with Crippen molar-refractivity contribution < 1.29 is 14.3 Å². The number of aliphatic hydroxyl groups excluding tert-OH is 1. The van der Waals surface area contributed by atoms with Gasteiger partial charge >= 0.3 is 0 Å². The molecule has 0 saturated carbocycles. The van der Waals surface area contributed by atoms with Gasteiger partial charge in [0.1, 0.15) is 11.5 Å². The number of nitrogens with zero attached hydrogens (tertiary/aromatic N) is 2. The molecule has 1 unspecified atom stereocenters. The van der Waals surface area contributed by atoms with Crippen LogP contribution in [0.2, 0.25) is 0 Å². The molecule has 0 radical (unpaired) electrons. The fourth-order valence-corrected chi connectivity index (χ4v) is 4.24. The van der Waals surface area contributed by atoms with Gasteiger partial charge in [0.2, 0.25) is 0 Å². The highest BCUT2D eigenvalue weighted by molar-refractivity contribution is 7.20. The Balaban J connectivity index is 1.79. The van der Waals surface area contributed by atoms with E-state index < -0.39 is 0 Å². The number of thiazole rings is 2. The van der Waals surface area contributed by atoms with Gasteiger partial charge in [-0.2, -0.15) is 0 Å². The van der Waals surface area contributed by atoms with Gasteiger partial charge in [-0.3, -0.25) is 4.79 Å². The summed E-state index contributed by atoms with van der Waals surface area (Å²) in [6.07, 6.45) is 2.27. The van der Waals surface area contributed by atoms with Gasteiger partial charge in [0.15, 0.2) is 10.0 Å². The van der Waals surface area contributed by atoms with Crippen LogP contribution in [0, 0.1) is 11.7 Å². The van der Waals surface area contributed by atoms with Crippen molar-refractivity contribution in [3.05, 3.63) is 57.8 Å². The van der Waals surface area contributed by atoms with Crippen molar-refractivity contribution in [3.8, 4) is 10.0 Å². The van der Waals surface area contributed by atoms with E-state index in [-0.39, 0.29) is 30.8 Å². The molecule has 1 amide bonds. The lowest BCUT2D eigenvalue weighted by Gasteiger charge is -2.08. The van der Waals surface area contributed by atoms with Crippen molar-refractivity contribution in [1.82, 2.24) is 15.3 Å². The largest absolute Gasteiger partial charge is 0.396 e. The topological polar surface area (TPSA) is 75.1 Å². The summed E-state index contributed by atoms with van der Waals surface area (Å²) in [4.78, 5) is 22.2. The maximum atomic E-state index is 13.0. The molecule has 8 heteroatoms. The molecule has 3 aromatic rings. The molecule has 2 heterocycles. The number of amides is 1. The number of nitrogens with one attached hydrogen (secondary N) is 1. The first-order valence-electron chi connectivity index (χ1n) is 8.10. The van der Waals surface area contributed by atoms with Gasteiger partial charge in [0.25, 0.3) is 5.91 Å². The number of halogens is 1. The lowest BCUT2D eigenvalue weighted by atomic mass is 10.1. The zero-order chi connectivity index (χ0) is 18.5. The molecule has 0 aliphatic rings. The second-order valence-corrected chi connectivity index (χ2v) is 7.91. The smallest absolute Gasteiger partial charge is 0.271 e. The van der Waals surface area contributed by atoms with Gasteiger partial charge in [0.05, 0.1) is 0 Å². The molecule has 1 aromatic carbocycles. The van der Waals surface area contributed by atoms with Crippen LogP contribution < -0.4 is 5.32 Å². The lowest BCUT2D eigenvalue weighted by molar-refractivity contribution is 0.0945. The monoisotopic (exact) mass is 391 g/mol. The predicted molar refractivity (Wildman–Crippen MR) is 101 cm³/mol. The van der Waals surface area contributed by atoms with Crippen molar-refractivity contribution in [1.29, 1.82) is 0 Å². The van der Waals surface area contributed by atoms with Crippen LogP contribution in [0.4, 0.5) is 4.39 Å². The molecule has 0 aliphatic heterocycles. The minimum absolute atomic E-state index is 0.0308. The molecule has 0 saturated heterocycles. The van der Waals surface area contributed by atoms with E-state index >= 15 is 0 Å². The van der Waals surface area contributed by atoms with Crippen LogP contribution in [0.25, 0.3) is 10.0 Å². The van der Waals surface area contributed by atoms with Gasteiger partial charge in [0, 0.05) is 29.6 Å². The molecule has 0 aliphatic carbocycles. The van der Waals surface area contributed by atoms with Crippen LogP contribution in [0.5, 0.6) is 0 Å². The molecule has 3 rings (SSSR count). The Hall–Kier alpha value is -2.16. The van der Waals surface area contributed by atoms with Crippen LogP contribution in [0.1, 0.15) is 27.9 Å². The highest BCUT2D eigenvalue weighted by Crippen LogP contribution is 2.31. The van der Waals surface area contributed by atoms with E-state index in [1.165, 1.54) is 34.8 Å². The van der Waals surface area contributed by atoms with Crippen LogP contribution in [0.15, 0.2) is 35.8 Å². The Kier molecular flexibility index (Phi) is 6.08. The molecule has 0 fully saturated rings. The SMILES string of the molecule is CC(CO)Cc1sc(-c2nccs2)nc1C(=O)NCc1ccc(F)cc1. The first kappa shape index (κ1) is 18.6. The van der Waals surface area contributed by atoms with Crippen molar-refractivity contribution >= 4 is 28.6 Å². The van der Waals surface area contributed by atoms with Gasteiger partial charge in [-0.15, -0.1) is 22.7 Å². The number of hydrogen-bond acceptors (Lipinski definition) is 6. The number of carbonyl (C=O) groups excluding carboxylic acids is 1. The van der Waals surface area contributed by atoms with E-state index in [1.54, 1.807) is 18.3 Å². The molecule has 0 spiro atoms. The minimum atomic E-state index is -0.312. The fourth-order valence-electron chi connectivity index (χ4n) is 2.34. The van der Waals surface area contributed by atoms with E-state index in [0.717, 1.165) is 15.4 Å². The Morgan fingerprint density at radius 3 is 2.73 bits per heavy atom. The molecular weight excluding hydrogens is 373 g/mol. The van der Waals surface area contributed by atoms with E-state index in [9.17, 15) is 14.3 Å². The highest BCUT2D eigenvalue weighted by Gasteiger charge is 2.21. The summed E-state index contributed by atoms with van der Waals surface area (Å²) in [5, 5.41) is 15.5. The number of hydrogen-bond donors (Lipinski definition) is 2. The number of aromatic nitrogens is 2. The Morgan fingerprint density at radius 1 is 1.31 bits per heavy atom. The van der Waals surface area contributed by atoms with Gasteiger partial charge in [-0.1, -0.05) is 19.1 Å². The van der Waals surface area contributed by atoms with E-state index in [1.807, 2.05) is 12.3 Å². The lowest BCUT2D eigenvalue weighted by Crippen LogP contribution is -2.24. The standard InChI is InChI=1S/C18H18FN3O2S2/c1-11(10-23)8-14-15(22-18(26-14)17-20-6-7-25-17)16(24)21-9-12-2-4-13(19)5-3-12/h2-7,11,23H,8-10H2,1H3,(H,21,24). The molecular formula is C18H18FN3O2S2. The third kappa shape index (κ3) is 4.51. The van der Waals surface area contributed by atoms with E-state index in [4.69, 9.17) is 0 Å². The maximum Gasteiger partial charge on any atom is 0.271 e. The number of rotatable bonds is 7. The van der Waals surface area contributed by atoms with Crippen molar-refractivity contribution in [2.24, 2.45) is 5.92 Å². The predicted octanol–water partition coefficient (Wildman–Crippen LogP) is 3.51. The molecule has 2 N–H and O–H groups in total. The minimum Gasteiger partial charge on any atom is -0.396 e. The highest BCUT2D eigenvalue weighted by atomic mass is 32.1. The van der Waals surface area contributed by atoms with E-state index in [2.05, 4.69) is 15.3 Å². The van der Waals surface area contributed by atoms with Crippen molar-refractivity contribution in [2.45, 2.75) is 19.9 Å². The van der Waals surface area contributed by atoms with Crippen LogP contribution >= 0.6 is 22.7 Å². The Bertz CT molecular complexity index is 863. The fraction of sp³-hybridized carbons (Fsp3) is 0.278. The molecule has 136 valence electrons. The summed E-state index contributed by atoms with van der Waals surface area (Å²) in [7, 11) is 0. The third-order valence-corrected chi connectivity index (χ3v) is 5.73. The second kappa shape index (κ2) is 8.48. The molecule has 2 aromatic heterocycles. The van der Waals surface area contributed by atoms with Crippen LogP contribution in [0.3, 0.4) is 0 Å². The summed E-state index contributed by atoms with van der Waals surface area (Å²) < 4.78 is 13.0. The zero-order valence-corrected chi connectivity index (χ0v) is 15.7. The summed E-state index contributed by atoms with van der Waals surface area (Å²) in [6.45, 7) is 2.25. The van der Waals surface area contributed by atoms with Crippen molar-refractivity contribution in [3.63, 3.8) is 0 Å². The first-order chi connectivity index (χ1) is 12.6. The molecule has 0 bridgehead atoms. The van der Waals surface area contributed by atoms with Gasteiger partial charge < -0.3 is 10.4 Å². The Morgan fingerprint density at radius 2 is 2.08 bits per heavy atom.